The number of aromatic amines is 1. The number of methoxy groups -OCH3 is 1. The molecule has 6 rings (SSSR count). The van der Waals surface area contributed by atoms with Crippen LogP contribution in [0.25, 0.3) is 28.0 Å². The lowest BCUT2D eigenvalue weighted by Crippen LogP contribution is -2.39. The van der Waals surface area contributed by atoms with E-state index < -0.39 is 0 Å². The maximum atomic E-state index is 12.8. The molecule has 0 radical (unpaired) electrons. The van der Waals surface area contributed by atoms with Crippen molar-refractivity contribution in [1.82, 2.24) is 39.7 Å². The molecule has 3 N–H and O–H groups in total. The number of rotatable bonds is 7. The number of pyridine rings is 1. The largest absolute Gasteiger partial charge is 0.496 e. The fourth-order valence-electron chi connectivity index (χ4n) is 5.65. The number of nitrogens with zero attached hydrogens (tertiary/aromatic N) is 7. The Kier molecular flexibility index (Phi) is 7.11. The fourth-order valence-corrected chi connectivity index (χ4v) is 5.65. The van der Waals surface area contributed by atoms with E-state index in [1.165, 1.54) is 17.8 Å². The number of nitrogens with two attached hydrogens (primary N) is 1. The summed E-state index contributed by atoms with van der Waals surface area (Å²) in [5.74, 6) is 0.898. The van der Waals surface area contributed by atoms with E-state index >= 15 is 0 Å². The van der Waals surface area contributed by atoms with Crippen molar-refractivity contribution < 1.29 is 14.3 Å². The van der Waals surface area contributed by atoms with Crippen LogP contribution in [-0.2, 0) is 6.42 Å². The predicted octanol–water partition coefficient (Wildman–Crippen LogP) is 3.95. The molecule has 0 unspecified atom stereocenters. The third kappa shape index (κ3) is 4.74. The molecule has 0 aliphatic carbocycles. The third-order valence-corrected chi connectivity index (χ3v) is 7.88. The fraction of sp³-hybridized carbons (Fsp3) is 0.300. The Morgan fingerprint density at radius 1 is 1.10 bits per heavy atom. The number of amides is 1. The smallest absolute Gasteiger partial charge is 0.291 e. The van der Waals surface area contributed by atoms with E-state index in [-0.39, 0.29) is 29.3 Å². The molecular formula is C30H31N9O3. The summed E-state index contributed by atoms with van der Waals surface area (Å²) in [4.78, 5) is 40.9. The van der Waals surface area contributed by atoms with Crippen LogP contribution in [0.2, 0.25) is 0 Å². The second-order valence-electron chi connectivity index (χ2n) is 10.3. The molecule has 1 aliphatic rings. The average Bonchev–Trinajstić information content (AvgIpc) is 3.71. The summed E-state index contributed by atoms with van der Waals surface area (Å²) in [6.45, 7) is 4.57. The molecule has 0 spiro atoms. The molecule has 0 bridgehead atoms. The van der Waals surface area contributed by atoms with Crippen molar-refractivity contribution in [2.24, 2.45) is 0 Å². The predicted molar refractivity (Wildman–Crippen MR) is 156 cm³/mol. The van der Waals surface area contributed by atoms with Gasteiger partial charge in [-0.1, -0.05) is 13.0 Å². The summed E-state index contributed by atoms with van der Waals surface area (Å²) in [6, 6.07) is 10.0. The van der Waals surface area contributed by atoms with Gasteiger partial charge in [0.25, 0.3) is 5.91 Å². The number of carbonyl (C=O) groups excluding carboxylic acids is 2. The highest BCUT2D eigenvalue weighted by molar-refractivity contribution is 6.00. The number of aromatic nitrogens is 7. The number of benzene rings is 1. The van der Waals surface area contributed by atoms with Gasteiger partial charge >= 0.3 is 0 Å². The number of hydrogen-bond donors (Lipinski definition) is 2. The first-order valence-electron chi connectivity index (χ1n) is 13.9. The Morgan fingerprint density at radius 3 is 2.52 bits per heavy atom. The van der Waals surface area contributed by atoms with Crippen molar-refractivity contribution in [3.63, 3.8) is 0 Å². The van der Waals surface area contributed by atoms with Crippen LogP contribution in [0.4, 0.5) is 5.82 Å². The first-order valence-corrected chi connectivity index (χ1v) is 13.9. The summed E-state index contributed by atoms with van der Waals surface area (Å²) in [5, 5.41) is 10.9. The van der Waals surface area contributed by atoms with Crippen LogP contribution in [0.5, 0.6) is 5.75 Å². The lowest BCUT2D eigenvalue weighted by molar-refractivity contribution is 0.0699. The molecule has 5 heterocycles. The first kappa shape index (κ1) is 27.1. The van der Waals surface area contributed by atoms with Gasteiger partial charge in [-0.15, -0.1) is 0 Å². The van der Waals surface area contributed by atoms with Crippen LogP contribution in [0.3, 0.4) is 0 Å². The van der Waals surface area contributed by atoms with Gasteiger partial charge in [0.2, 0.25) is 5.82 Å². The van der Waals surface area contributed by atoms with Gasteiger partial charge in [0, 0.05) is 41.9 Å². The van der Waals surface area contributed by atoms with Crippen molar-refractivity contribution in [2.75, 3.05) is 25.9 Å². The Balaban J connectivity index is 1.32. The summed E-state index contributed by atoms with van der Waals surface area (Å²) in [5.41, 5.74) is 12.7. The number of fused-ring (bicyclic) bond motifs is 1. The second-order valence-corrected chi connectivity index (χ2v) is 10.3. The average molecular weight is 566 g/mol. The van der Waals surface area contributed by atoms with Crippen molar-refractivity contribution >= 4 is 23.2 Å². The monoisotopic (exact) mass is 565 g/mol. The number of Topliss-reactive ketones (excluding diaryl/α,β-unsaturated/α-hetero) is 1. The minimum Gasteiger partial charge on any atom is -0.496 e. The Labute approximate surface area is 242 Å². The molecule has 0 saturated carbocycles. The van der Waals surface area contributed by atoms with Gasteiger partial charge in [-0.25, -0.2) is 9.97 Å². The van der Waals surface area contributed by atoms with Crippen LogP contribution in [0.1, 0.15) is 64.8 Å². The van der Waals surface area contributed by atoms with Gasteiger partial charge in [0.15, 0.2) is 11.4 Å². The molecule has 214 valence electrons. The van der Waals surface area contributed by atoms with Crippen molar-refractivity contribution in [1.29, 1.82) is 0 Å². The van der Waals surface area contributed by atoms with Crippen molar-refractivity contribution in [3.05, 3.63) is 71.7 Å². The Bertz CT molecular complexity index is 1770. The number of ketones is 1. The zero-order valence-electron chi connectivity index (χ0n) is 23.7. The van der Waals surface area contributed by atoms with E-state index in [1.807, 2.05) is 24.3 Å². The van der Waals surface area contributed by atoms with Gasteiger partial charge < -0.3 is 15.4 Å². The number of anilines is 1. The van der Waals surface area contributed by atoms with Crippen LogP contribution in [0.15, 0.2) is 49.1 Å². The molecule has 0 atom stereocenters. The number of piperidine rings is 1. The topological polar surface area (TPSA) is 157 Å². The number of likely N-dealkylation sites (tertiary alicyclic amines) is 1. The number of hydrogen-bond acceptors (Lipinski definition) is 9. The van der Waals surface area contributed by atoms with E-state index in [0.29, 0.717) is 42.8 Å². The summed E-state index contributed by atoms with van der Waals surface area (Å²) in [7, 11) is 1.67. The zero-order valence-corrected chi connectivity index (χ0v) is 23.7. The molecule has 1 aliphatic heterocycles. The van der Waals surface area contributed by atoms with Gasteiger partial charge in [-0.2, -0.15) is 14.7 Å². The zero-order chi connectivity index (χ0) is 29.4. The molecule has 12 nitrogen and oxygen atoms in total. The standard InChI is InChI=1S/C30H31N9O3/c1-4-18-13-20(6-8-24(18)42-3)23-7-5-21(14-32-23)22-15-35-39-27(31)25(17(2)40)26(36-29(22)39)19-9-11-38(12-10-19)30(41)28-33-16-34-37-28/h5-8,13-16,19H,4,9-12,31H2,1-3H3,(H,33,34,37). The maximum absolute atomic E-state index is 12.8. The van der Waals surface area contributed by atoms with Crippen LogP contribution in [0, 0.1) is 0 Å². The van der Waals surface area contributed by atoms with Gasteiger partial charge in [-0.3, -0.25) is 19.7 Å². The van der Waals surface area contributed by atoms with Crippen LogP contribution in [-0.4, -0.2) is 71.6 Å². The van der Waals surface area contributed by atoms with E-state index in [9.17, 15) is 9.59 Å². The first-order chi connectivity index (χ1) is 20.4. The van der Waals surface area contributed by atoms with Gasteiger partial charge in [0.05, 0.1) is 30.3 Å². The highest BCUT2D eigenvalue weighted by Gasteiger charge is 2.31. The number of ether oxygens (including phenoxy) is 1. The molecule has 1 aromatic carbocycles. The normalized spacial score (nSPS) is 13.9. The van der Waals surface area contributed by atoms with E-state index in [2.05, 4.69) is 33.3 Å². The number of carbonyl (C=O) groups is 2. The van der Waals surface area contributed by atoms with E-state index in [1.54, 1.807) is 24.4 Å². The maximum Gasteiger partial charge on any atom is 0.291 e. The molecular weight excluding hydrogens is 534 g/mol. The van der Waals surface area contributed by atoms with E-state index in [0.717, 1.165) is 40.1 Å². The number of nitrogen functional groups attached to an aromatic ring is 1. The molecule has 42 heavy (non-hydrogen) atoms. The Morgan fingerprint density at radius 2 is 1.88 bits per heavy atom. The highest BCUT2D eigenvalue weighted by Crippen LogP contribution is 2.35. The number of H-pyrrole nitrogens is 1. The lowest BCUT2D eigenvalue weighted by Gasteiger charge is -2.32. The third-order valence-electron chi connectivity index (χ3n) is 7.88. The second kappa shape index (κ2) is 11.0. The minimum atomic E-state index is -0.199. The SMILES string of the molecule is CCc1cc(-c2ccc(-c3cnn4c(N)c(C(C)=O)c(C5CCN(C(=O)c6ncn[nH]6)CC5)nc34)cn2)ccc1OC. The van der Waals surface area contributed by atoms with Crippen molar-refractivity contribution in [3.8, 4) is 28.1 Å². The summed E-state index contributed by atoms with van der Waals surface area (Å²) < 4.78 is 6.98. The molecule has 1 saturated heterocycles. The number of aryl methyl sites for hydroxylation is 1. The van der Waals surface area contributed by atoms with Gasteiger partial charge in [-0.05, 0) is 56.0 Å². The molecule has 1 fully saturated rings. The molecule has 5 aromatic rings. The highest BCUT2D eigenvalue weighted by atomic mass is 16.5. The van der Waals surface area contributed by atoms with Crippen molar-refractivity contribution in [2.45, 2.75) is 39.0 Å². The van der Waals surface area contributed by atoms with Crippen LogP contribution >= 0.6 is 0 Å². The van der Waals surface area contributed by atoms with Crippen LogP contribution < -0.4 is 10.5 Å². The number of nitrogens with one attached hydrogen (secondary N) is 1. The summed E-state index contributed by atoms with van der Waals surface area (Å²) in [6.07, 6.45) is 6.92. The lowest BCUT2D eigenvalue weighted by atomic mass is 9.89. The Hall–Kier alpha value is -5.13. The summed E-state index contributed by atoms with van der Waals surface area (Å²) >= 11 is 0. The molecule has 4 aromatic heterocycles. The molecule has 1 amide bonds. The van der Waals surface area contributed by atoms with Gasteiger partial charge in [0.1, 0.15) is 17.9 Å². The molecule has 12 heteroatoms. The minimum absolute atomic E-state index is 0.0546. The van der Waals surface area contributed by atoms with E-state index in [4.69, 9.17) is 20.4 Å². The quantitative estimate of drug-likeness (QED) is 0.279.